The molecule has 0 unspecified atom stereocenters. The summed E-state index contributed by atoms with van der Waals surface area (Å²) in [4.78, 5) is 11.4. The van der Waals surface area contributed by atoms with Crippen LogP contribution in [0.25, 0.3) is 0 Å². The zero-order valence-electron chi connectivity index (χ0n) is 7.64. The maximum Gasteiger partial charge on any atom is 0.265 e. The van der Waals surface area contributed by atoms with Crippen molar-refractivity contribution in [3.63, 3.8) is 0 Å². The molecule has 5 heteroatoms. The SMILES string of the molecule is O=C(CCBr)c1ccc(Cl)c(C(F)F)c1. The highest BCUT2D eigenvalue weighted by Gasteiger charge is 2.14. The van der Waals surface area contributed by atoms with E-state index in [2.05, 4.69) is 15.9 Å². The van der Waals surface area contributed by atoms with Gasteiger partial charge in [-0.3, -0.25) is 4.79 Å². The van der Waals surface area contributed by atoms with Gasteiger partial charge in [0, 0.05) is 27.9 Å². The van der Waals surface area contributed by atoms with E-state index in [9.17, 15) is 13.6 Å². The first-order chi connectivity index (χ1) is 7.06. The third kappa shape index (κ3) is 3.24. The predicted molar refractivity (Wildman–Crippen MR) is 59.2 cm³/mol. The van der Waals surface area contributed by atoms with Crippen LogP contribution in [0.2, 0.25) is 5.02 Å². The summed E-state index contributed by atoms with van der Waals surface area (Å²) in [6.07, 6.45) is -2.38. The molecule has 0 aromatic heterocycles. The second kappa shape index (κ2) is 5.56. The summed E-state index contributed by atoms with van der Waals surface area (Å²) in [6.45, 7) is 0. The number of hydrogen-bond donors (Lipinski definition) is 0. The van der Waals surface area contributed by atoms with E-state index >= 15 is 0 Å². The number of ketones is 1. The summed E-state index contributed by atoms with van der Waals surface area (Å²) in [5.41, 5.74) is -0.0220. The fourth-order valence-corrected chi connectivity index (χ4v) is 1.67. The van der Waals surface area contributed by atoms with E-state index in [4.69, 9.17) is 11.6 Å². The molecule has 15 heavy (non-hydrogen) atoms. The number of carbonyl (C=O) groups is 1. The number of alkyl halides is 3. The van der Waals surface area contributed by atoms with Crippen LogP contribution in [0.3, 0.4) is 0 Å². The molecule has 0 radical (unpaired) electrons. The van der Waals surface area contributed by atoms with Crippen molar-refractivity contribution in [3.05, 3.63) is 34.3 Å². The Morgan fingerprint density at radius 2 is 2.13 bits per heavy atom. The quantitative estimate of drug-likeness (QED) is 0.600. The monoisotopic (exact) mass is 296 g/mol. The largest absolute Gasteiger partial charge is 0.294 e. The molecule has 0 heterocycles. The second-order valence-corrected chi connectivity index (χ2v) is 4.10. The standard InChI is InChI=1S/C10H8BrClF2O/c11-4-3-9(15)6-1-2-8(12)7(5-6)10(13)14/h1-2,5,10H,3-4H2. The topological polar surface area (TPSA) is 17.1 Å². The molecule has 0 saturated heterocycles. The molecule has 1 nitrogen and oxygen atoms in total. The molecule has 0 bridgehead atoms. The van der Waals surface area contributed by atoms with Crippen molar-refractivity contribution in [3.8, 4) is 0 Å². The summed E-state index contributed by atoms with van der Waals surface area (Å²) in [5, 5.41) is 0.499. The van der Waals surface area contributed by atoms with Gasteiger partial charge in [0.15, 0.2) is 5.78 Å². The van der Waals surface area contributed by atoms with Crippen LogP contribution in [-0.2, 0) is 0 Å². The number of hydrogen-bond acceptors (Lipinski definition) is 1. The fourth-order valence-electron chi connectivity index (χ4n) is 1.11. The fraction of sp³-hybridized carbons (Fsp3) is 0.300. The van der Waals surface area contributed by atoms with Gasteiger partial charge in [0.25, 0.3) is 6.43 Å². The van der Waals surface area contributed by atoms with E-state index in [0.717, 1.165) is 6.07 Å². The van der Waals surface area contributed by atoms with E-state index < -0.39 is 6.43 Å². The van der Waals surface area contributed by atoms with Crippen molar-refractivity contribution < 1.29 is 13.6 Å². The van der Waals surface area contributed by atoms with E-state index in [0.29, 0.717) is 5.33 Å². The van der Waals surface area contributed by atoms with Crippen molar-refractivity contribution >= 4 is 33.3 Å². The van der Waals surface area contributed by atoms with Gasteiger partial charge in [0.05, 0.1) is 0 Å². The van der Waals surface area contributed by atoms with Crippen molar-refractivity contribution in [2.45, 2.75) is 12.8 Å². The van der Waals surface area contributed by atoms with E-state index in [1.54, 1.807) is 0 Å². The Morgan fingerprint density at radius 1 is 1.47 bits per heavy atom. The van der Waals surface area contributed by atoms with Crippen LogP contribution >= 0.6 is 27.5 Å². The highest BCUT2D eigenvalue weighted by molar-refractivity contribution is 9.09. The smallest absolute Gasteiger partial charge is 0.265 e. The minimum Gasteiger partial charge on any atom is -0.294 e. The van der Waals surface area contributed by atoms with Gasteiger partial charge in [-0.05, 0) is 18.2 Å². The average molecular weight is 298 g/mol. The Labute approximate surface area is 99.6 Å². The molecule has 0 aliphatic carbocycles. The van der Waals surface area contributed by atoms with Crippen molar-refractivity contribution in [1.29, 1.82) is 0 Å². The lowest BCUT2D eigenvalue weighted by atomic mass is 10.1. The summed E-state index contributed by atoms with van der Waals surface area (Å²) >= 11 is 8.69. The predicted octanol–water partition coefficient (Wildman–Crippen LogP) is 4.25. The zero-order chi connectivity index (χ0) is 11.4. The van der Waals surface area contributed by atoms with Gasteiger partial charge in [-0.25, -0.2) is 8.78 Å². The van der Waals surface area contributed by atoms with Gasteiger partial charge in [-0.1, -0.05) is 27.5 Å². The van der Waals surface area contributed by atoms with Crippen LogP contribution < -0.4 is 0 Å². The molecule has 0 saturated carbocycles. The van der Waals surface area contributed by atoms with Crippen LogP contribution in [0.15, 0.2) is 18.2 Å². The third-order valence-corrected chi connectivity index (χ3v) is 2.62. The van der Waals surface area contributed by atoms with Gasteiger partial charge < -0.3 is 0 Å². The Balaban J connectivity index is 3.02. The molecule has 0 amide bonds. The van der Waals surface area contributed by atoms with Gasteiger partial charge in [0.2, 0.25) is 0 Å². The van der Waals surface area contributed by atoms with Crippen LogP contribution in [-0.4, -0.2) is 11.1 Å². The summed E-state index contributed by atoms with van der Waals surface area (Å²) in [6, 6.07) is 3.93. The van der Waals surface area contributed by atoms with Gasteiger partial charge in [-0.15, -0.1) is 0 Å². The van der Waals surface area contributed by atoms with Crippen molar-refractivity contribution in [2.75, 3.05) is 5.33 Å². The first-order valence-electron chi connectivity index (χ1n) is 4.23. The van der Waals surface area contributed by atoms with Gasteiger partial charge in [0.1, 0.15) is 0 Å². The average Bonchev–Trinajstić information content (AvgIpc) is 2.18. The molecular formula is C10H8BrClF2O. The molecule has 0 N–H and O–H groups in total. The molecule has 0 atom stereocenters. The van der Waals surface area contributed by atoms with Crippen LogP contribution in [0, 0.1) is 0 Å². The highest BCUT2D eigenvalue weighted by Crippen LogP contribution is 2.28. The molecule has 0 aliphatic heterocycles. The van der Waals surface area contributed by atoms with Gasteiger partial charge in [-0.2, -0.15) is 0 Å². The molecule has 0 spiro atoms. The third-order valence-electron chi connectivity index (χ3n) is 1.87. The summed E-state index contributed by atoms with van der Waals surface area (Å²) < 4.78 is 24.9. The van der Waals surface area contributed by atoms with E-state index in [-0.39, 0.29) is 28.4 Å². The number of Topliss-reactive ketones (excluding diaryl/α,β-unsaturated/α-hetero) is 1. The van der Waals surface area contributed by atoms with E-state index in [1.165, 1.54) is 12.1 Å². The minimum absolute atomic E-state index is 0.0135. The van der Waals surface area contributed by atoms with Gasteiger partial charge >= 0.3 is 0 Å². The molecule has 0 aliphatic rings. The highest BCUT2D eigenvalue weighted by atomic mass is 79.9. The Hall–Kier alpha value is -0.480. The Morgan fingerprint density at radius 3 is 2.67 bits per heavy atom. The lowest BCUT2D eigenvalue weighted by Crippen LogP contribution is -2.01. The molecule has 1 aromatic carbocycles. The lowest BCUT2D eigenvalue weighted by Gasteiger charge is -2.05. The Kier molecular flexibility index (Phi) is 4.67. The molecule has 82 valence electrons. The van der Waals surface area contributed by atoms with Crippen LogP contribution in [0.4, 0.5) is 8.78 Å². The Bertz CT molecular complexity index is 368. The molecular weight excluding hydrogens is 289 g/mol. The summed E-state index contributed by atoms with van der Waals surface area (Å²) in [7, 11) is 0. The number of carbonyl (C=O) groups excluding carboxylic acids is 1. The number of halogens is 4. The first kappa shape index (κ1) is 12.6. The summed E-state index contributed by atoms with van der Waals surface area (Å²) in [5.74, 6) is -0.176. The number of benzene rings is 1. The lowest BCUT2D eigenvalue weighted by molar-refractivity contribution is 0.0989. The maximum atomic E-state index is 12.5. The maximum absolute atomic E-state index is 12.5. The van der Waals surface area contributed by atoms with Crippen molar-refractivity contribution in [2.24, 2.45) is 0 Å². The van der Waals surface area contributed by atoms with E-state index in [1.807, 2.05) is 0 Å². The van der Waals surface area contributed by atoms with Crippen LogP contribution in [0.1, 0.15) is 28.8 Å². The normalized spacial score (nSPS) is 10.7. The zero-order valence-corrected chi connectivity index (χ0v) is 9.99. The number of rotatable bonds is 4. The molecule has 0 fully saturated rings. The molecule has 1 aromatic rings. The molecule has 1 rings (SSSR count). The van der Waals surface area contributed by atoms with Crippen molar-refractivity contribution in [1.82, 2.24) is 0 Å². The minimum atomic E-state index is -2.66. The second-order valence-electron chi connectivity index (χ2n) is 2.90. The first-order valence-corrected chi connectivity index (χ1v) is 5.73. The van der Waals surface area contributed by atoms with Crippen LogP contribution in [0.5, 0.6) is 0 Å².